The molecular weight excluding hydrogens is 204 g/mol. The van der Waals surface area contributed by atoms with Crippen LogP contribution in [0.2, 0.25) is 0 Å². The van der Waals surface area contributed by atoms with Crippen LogP contribution in [-0.4, -0.2) is 17.1 Å². The number of nitrogens with two attached hydrogens (primary N) is 1. The van der Waals surface area contributed by atoms with Gasteiger partial charge in [0.1, 0.15) is 0 Å². The van der Waals surface area contributed by atoms with E-state index in [0.717, 1.165) is 11.1 Å². The number of aliphatic hydroxyl groups is 1. The van der Waals surface area contributed by atoms with E-state index in [4.69, 9.17) is 10.8 Å². The molecule has 4 N–H and O–H groups in total. The summed E-state index contributed by atoms with van der Waals surface area (Å²) in [5.74, 6) is -0.296. The van der Waals surface area contributed by atoms with Gasteiger partial charge in [0.2, 0.25) is 5.91 Å². The molecule has 0 aromatic heterocycles. The van der Waals surface area contributed by atoms with Crippen molar-refractivity contribution in [2.75, 3.05) is 0 Å². The molecule has 1 atom stereocenters. The third kappa shape index (κ3) is 4.42. The molecule has 1 unspecified atom stereocenters. The average Bonchev–Trinajstić information content (AvgIpc) is 2.26. The van der Waals surface area contributed by atoms with E-state index in [-0.39, 0.29) is 18.6 Å². The zero-order valence-electron chi connectivity index (χ0n) is 9.44. The zero-order valence-corrected chi connectivity index (χ0v) is 9.44. The molecule has 4 nitrogen and oxygen atoms in total. The van der Waals surface area contributed by atoms with Crippen LogP contribution in [0.5, 0.6) is 0 Å². The normalized spacial score (nSPS) is 12.4. The number of amides is 1. The predicted octanol–water partition coefficient (Wildman–Crippen LogP) is 0.532. The molecule has 0 aliphatic heterocycles. The lowest BCUT2D eigenvalue weighted by atomic mass is 10.1. The second-order valence-electron chi connectivity index (χ2n) is 3.93. The van der Waals surface area contributed by atoms with Crippen LogP contribution >= 0.6 is 0 Å². The highest BCUT2D eigenvalue weighted by Crippen LogP contribution is 2.04. The van der Waals surface area contributed by atoms with Crippen molar-refractivity contribution >= 4 is 5.91 Å². The summed E-state index contributed by atoms with van der Waals surface area (Å²) in [5, 5.41) is 12.1. The van der Waals surface area contributed by atoms with E-state index < -0.39 is 0 Å². The fraction of sp³-hybridized carbons (Fsp3) is 0.417. The summed E-state index contributed by atoms with van der Waals surface area (Å²) in [5.41, 5.74) is 7.11. The third-order valence-electron chi connectivity index (χ3n) is 2.37. The SMILES string of the molecule is CC(CC(N)=O)NCc1ccc(CO)cc1. The van der Waals surface area contributed by atoms with E-state index in [1.165, 1.54) is 0 Å². The predicted molar refractivity (Wildman–Crippen MR) is 62.5 cm³/mol. The minimum absolute atomic E-state index is 0.0613. The maximum Gasteiger partial charge on any atom is 0.218 e. The molecule has 88 valence electrons. The summed E-state index contributed by atoms with van der Waals surface area (Å²) < 4.78 is 0. The van der Waals surface area contributed by atoms with Crippen molar-refractivity contribution in [2.24, 2.45) is 5.73 Å². The van der Waals surface area contributed by atoms with Crippen LogP contribution < -0.4 is 11.1 Å². The Hall–Kier alpha value is -1.39. The van der Waals surface area contributed by atoms with Gasteiger partial charge in [0.05, 0.1) is 6.61 Å². The minimum Gasteiger partial charge on any atom is -0.392 e. The number of benzene rings is 1. The molecule has 0 bridgehead atoms. The number of primary amides is 1. The van der Waals surface area contributed by atoms with Crippen LogP contribution in [0, 0.1) is 0 Å². The van der Waals surface area contributed by atoms with E-state index in [9.17, 15) is 4.79 Å². The van der Waals surface area contributed by atoms with Crippen molar-refractivity contribution in [3.8, 4) is 0 Å². The van der Waals surface area contributed by atoms with Crippen molar-refractivity contribution in [1.82, 2.24) is 5.32 Å². The molecule has 1 amide bonds. The number of nitrogens with one attached hydrogen (secondary N) is 1. The Morgan fingerprint density at radius 1 is 1.38 bits per heavy atom. The van der Waals surface area contributed by atoms with E-state index in [1.807, 2.05) is 31.2 Å². The van der Waals surface area contributed by atoms with Crippen molar-refractivity contribution in [1.29, 1.82) is 0 Å². The van der Waals surface area contributed by atoms with E-state index >= 15 is 0 Å². The van der Waals surface area contributed by atoms with Crippen LogP contribution in [0.1, 0.15) is 24.5 Å². The Labute approximate surface area is 95.5 Å². The Morgan fingerprint density at radius 2 is 1.94 bits per heavy atom. The molecule has 1 aromatic rings. The van der Waals surface area contributed by atoms with Gasteiger partial charge >= 0.3 is 0 Å². The summed E-state index contributed by atoms with van der Waals surface area (Å²) in [6.07, 6.45) is 0.342. The number of rotatable bonds is 6. The molecule has 1 aromatic carbocycles. The Kier molecular flexibility index (Phi) is 4.95. The summed E-state index contributed by atoms with van der Waals surface area (Å²) >= 11 is 0. The Bertz CT molecular complexity index is 335. The van der Waals surface area contributed by atoms with Gasteiger partial charge in [-0.25, -0.2) is 0 Å². The zero-order chi connectivity index (χ0) is 12.0. The van der Waals surface area contributed by atoms with Gasteiger partial charge in [0.25, 0.3) is 0 Å². The number of carbonyl (C=O) groups is 1. The van der Waals surface area contributed by atoms with Crippen molar-refractivity contribution in [3.63, 3.8) is 0 Å². The molecule has 0 heterocycles. The first kappa shape index (κ1) is 12.7. The molecule has 1 rings (SSSR count). The molecule has 0 spiro atoms. The van der Waals surface area contributed by atoms with Gasteiger partial charge in [-0.05, 0) is 18.1 Å². The minimum atomic E-state index is -0.296. The first-order valence-electron chi connectivity index (χ1n) is 5.32. The number of hydrogen-bond donors (Lipinski definition) is 3. The molecule has 0 aliphatic carbocycles. The highest BCUT2D eigenvalue weighted by atomic mass is 16.3. The first-order valence-corrected chi connectivity index (χ1v) is 5.32. The first-order chi connectivity index (χ1) is 7.61. The van der Waals surface area contributed by atoms with Gasteiger partial charge < -0.3 is 16.2 Å². The largest absolute Gasteiger partial charge is 0.392 e. The van der Waals surface area contributed by atoms with Crippen molar-refractivity contribution in [2.45, 2.75) is 32.5 Å². The van der Waals surface area contributed by atoms with Crippen LogP contribution in [-0.2, 0) is 17.9 Å². The fourth-order valence-corrected chi connectivity index (χ4v) is 1.43. The van der Waals surface area contributed by atoms with Gasteiger partial charge in [-0.1, -0.05) is 24.3 Å². The lowest BCUT2D eigenvalue weighted by Gasteiger charge is -2.11. The third-order valence-corrected chi connectivity index (χ3v) is 2.37. The maximum atomic E-state index is 10.7. The smallest absolute Gasteiger partial charge is 0.218 e. The summed E-state index contributed by atoms with van der Waals surface area (Å²) in [6.45, 7) is 2.68. The average molecular weight is 222 g/mol. The van der Waals surface area contributed by atoms with Gasteiger partial charge in [-0.2, -0.15) is 0 Å². The Balaban J connectivity index is 2.39. The summed E-state index contributed by atoms with van der Waals surface area (Å²) in [6, 6.07) is 7.76. The van der Waals surface area contributed by atoms with Gasteiger partial charge in [-0.15, -0.1) is 0 Å². The van der Waals surface area contributed by atoms with E-state index in [0.29, 0.717) is 13.0 Å². The lowest BCUT2D eigenvalue weighted by molar-refractivity contribution is -0.118. The van der Waals surface area contributed by atoms with Gasteiger partial charge in [0.15, 0.2) is 0 Å². The van der Waals surface area contributed by atoms with E-state index in [1.54, 1.807) is 0 Å². The van der Waals surface area contributed by atoms with Crippen molar-refractivity contribution in [3.05, 3.63) is 35.4 Å². The standard InChI is InChI=1S/C12H18N2O2/c1-9(6-12(13)16)14-7-10-2-4-11(8-15)5-3-10/h2-5,9,14-15H,6-8H2,1H3,(H2,13,16). The van der Waals surface area contributed by atoms with Crippen molar-refractivity contribution < 1.29 is 9.90 Å². The number of hydrogen-bond acceptors (Lipinski definition) is 3. The Morgan fingerprint density at radius 3 is 2.44 bits per heavy atom. The lowest BCUT2D eigenvalue weighted by Crippen LogP contribution is -2.30. The molecule has 4 heteroatoms. The summed E-state index contributed by atoms with van der Waals surface area (Å²) in [4.78, 5) is 10.7. The number of aliphatic hydroxyl groups excluding tert-OH is 1. The second-order valence-corrected chi connectivity index (χ2v) is 3.93. The van der Waals surface area contributed by atoms with Crippen LogP contribution in [0.3, 0.4) is 0 Å². The molecule has 0 radical (unpaired) electrons. The molecule has 0 saturated carbocycles. The highest BCUT2D eigenvalue weighted by Gasteiger charge is 2.04. The van der Waals surface area contributed by atoms with Gasteiger partial charge in [0, 0.05) is 19.0 Å². The summed E-state index contributed by atoms with van der Waals surface area (Å²) in [7, 11) is 0. The fourth-order valence-electron chi connectivity index (χ4n) is 1.43. The van der Waals surface area contributed by atoms with Gasteiger partial charge in [-0.3, -0.25) is 4.79 Å². The van der Waals surface area contributed by atoms with Crippen LogP contribution in [0.4, 0.5) is 0 Å². The topological polar surface area (TPSA) is 75.4 Å². The van der Waals surface area contributed by atoms with E-state index in [2.05, 4.69) is 5.32 Å². The monoisotopic (exact) mass is 222 g/mol. The molecule has 0 saturated heterocycles. The van der Waals surface area contributed by atoms with Crippen LogP contribution in [0.25, 0.3) is 0 Å². The number of carbonyl (C=O) groups excluding carboxylic acids is 1. The molecule has 16 heavy (non-hydrogen) atoms. The van der Waals surface area contributed by atoms with Crippen LogP contribution in [0.15, 0.2) is 24.3 Å². The molecular formula is C12H18N2O2. The highest BCUT2D eigenvalue weighted by molar-refractivity contribution is 5.74. The molecule has 0 aliphatic rings. The quantitative estimate of drug-likeness (QED) is 0.657. The maximum absolute atomic E-state index is 10.7. The second kappa shape index (κ2) is 6.25. The molecule has 0 fully saturated rings.